The van der Waals surface area contributed by atoms with Crippen molar-refractivity contribution in [1.29, 1.82) is 0 Å². The van der Waals surface area contributed by atoms with E-state index in [0.29, 0.717) is 17.0 Å². The minimum Gasteiger partial charge on any atom is -0.353 e. The van der Waals surface area contributed by atoms with Crippen LogP contribution in [0.15, 0.2) is 11.0 Å². The van der Waals surface area contributed by atoms with Gasteiger partial charge in [-0.1, -0.05) is 19.3 Å². The summed E-state index contributed by atoms with van der Waals surface area (Å²) in [6, 6.07) is 0.216. The van der Waals surface area contributed by atoms with Crippen molar-refractivity contribution in [2.45, 2.75) is 51.0 Å². The van der Waals surface area contributed by atoms with E-state index in [1.807, 2.05) is 0 Å². The number of amides is 1. The van der Waals surface area contributed by atoms with Gasteiger partial charge >= 0.3 is 0 Å². The van der Waals surface area contributed by atoms with Crippen LogP contribution < -0.4 is 15.8 Å². The minimum absolute atomic E-state index is 0.179. The average molecular weight is 344 g/mol. The Morgan fingerprint density at radius 3 is 2.68 bits per heavy atom. The largest absolute Gasteiger partial charge is 0.353 e. The Kier molecular flexibility index (Phi) is 4.42. The smallest absolute Gasteiger partial charge is 0.263 e. The highest BCUT2D eigenvalue weighted by Crippen LogP contribution is 2.24. The standard InChI is InChI=1S/C17H24N6O2/c24-15(11-4-2-1-3-5-11)19-12-6-8-23(9-7-12)17-20-14-13(10-18-22-14)16(25)21-17/h10-12H,1-9H2,(H,19,24)(H2,18,20,21,22,25). The Balaban J connectivity index is 1.36. The SMILES string of the molecule is O=C(NC1CCN(c2nc3[nH]ncc3c(=O)[nH]2)CC1)C1CCCCC1. The number of anilines is 1. The molecule has 1 saturated carbocycles. The van der Waals surface area contributed by atoms with Gasteiger partial charge in [0.1, 0.15) is 5.39 Å². The second-order valence-corrected chi connectivity index (χ2v) is 7.13. The molecule has 0 atom stereocenters. The molecule has 1 aliphatic heterocycles. The van der Waals surface area contributed by atoms with Gasteiger partial charge in [0.2, 0.25) is 11.9 Å². The predicted octanol–water partition coefficient (Wildman–Crippen LogP) is 1.31. The Bertz CT molecular complexity index is 799. The Hall–Kier alpha value is -2.38. The third-order valence-electron chi connectivity index (χ3n) is 5.42. The molecule has 134 valence electrons. The van der Waals surface area contributed by atoms with E-state index in [1.165, 1.54) is 25.5 Å². The molecule has 3 N–H and O–H groups in total. The number of fused-ring (bicyclic) bond motifs is 1. The second-order valence-electron chi connectivity index (χ2n) is 7.13. The highest BCUT2D eigenvalue weighted by Gasteiger charge is 2.26. The molecule has 2 aromatic rings. The number of nitrogens with one attached hydrogen (secondary N) is 3. The number of aromatic nitrogens is 4. The maximum absolute atomic E-state index is 12.4. The van der Waals surface area contributed by atoms with Crippen molar-refractivity contribution in [3.05, 3.63) is 16.6 Å². The number of H-pyrrole nitrogens is 2. The average Bonchev–Trinajstić information content (AvgIpc) is 3.12. The summed E-state index contributed by atoms with van der Waals surface area (Å²) >= 11 is 0. The molecule has 0 bridgehead atoms. The number of hydrogen-bond donors (Lipinski definition) is 3. The first kappa shape index (κ1) is 16.1. The van der Waals surface area contributed by atoms with E-state index in [-0.39, 0.29) is 23.4 Å². The van der Waals surface area contributed by atoms with Crippen LogP contribution >= 0.6 is 0 Å². The second kappa shape index (κ2) is 6.85. The first-order chi connectivity index (χ1) is 12.2. The summed E-state index contributed by atoms with van der Waals surface area (Å²) in [6.07, 6.45) is 8.87. The van der Waals surface area contributed by atoms with Gasteiger partial charge in [0.05, 0.1) is 6.20 Å². The van der Waals surface area contributed by atoms with Crippen molar-refractivity contribution in [3.8, 4) is 0 Å². The maximum atomic E-state index is 12.4. The van der Waals surface area contributed by atoms with Crippen LogP contribution in [0.5, 0.6) is 0 Å². The summed E-state index contributed by atoms with van der Waals surface area (Å²) in [5.41, 5.74) is 0.327. The summed E-state index contributed by atoms with van der Waals surface area (Å²) in [5.74, 6) is 0.995. The molecule has 0 aromatic carbocycles. The van der Waals surface area contributed by atoms with Crippen LogP contribution in [0.2, 0.25) is 0 Å². The maximum Gasteiger partial charge on any atom is 0.263 e. The monoisotopic (exact) mass is 344 g/mol. The number of carbonyl (C=O) groups is 1. The van der Waals surface area contributed by atoms with Gasteiger partial charge in [0.15, 0.2) is 5.65 Å². The fourth-order valence-corrected chi connectivity index (χ4v) is 3.90. The number of hydrogen-bond acceptors (Lipinski definition) is 5. The third-order valence-corrected chi connectivity index (χ3v) is 5.42. The molecule has 0 radical (unpaired) electrons. The fourth-order valence-electron chi connectivity index (χ4n) is 3.90. The zero-order chi connectivity index (χ0) is 17.2. The summed E-state index contributed by atoms with van der Waals surface area (Å²) in [7, 11) is 0. The Morgan fingerprint density at radius 1 is 1.16 bits per heavy atom. The first-order valence-corrected chi connectivity index (χ1v) is 9.19. The lowest BCUT2D eigenvalue weighted by atomic mass is 9.88. The van der Waals surface area contributed by atoms with Crippen LogP contribution in [0.4, 0.5) is 5.95 Å². The summed E-state index contributed by atoms with van der Waals surface area (Å²) < 4.78 is 0. The topological polar surface area (TPSA) is 107 Å². The lowest BCUT2D eigenvalue weighted by molar-refractivity contribution is -0.126. The number of piperidine rings is 1. The molecule has 0 spiro atoms. The van der Waals surface area contributed by atoms with E-state index in [1.54, 1.807) is 0 Å². The zero-order valence-corrected chi connectivity index (χ0v) is 14.3. The van der Waals surface area contributed by atoms with Crippen molar-refractivity contribution in [3.63, 3.8) is 0 Å². The molecule has 2 aromatic heterocycles. The molecule has 1 amide bonds. The molecule has 0 unspecified atom stereocenters. The van der Waals surface area contributed by atoms with Crippen molar-refractivity contribution in [2.75, 3.05) is 18.0 Å². The van der Waals surface area contributed by atoms with Gasteiger partial charge in [-0.15, -0.1) is 0 Å². The lowest BCUT2D eigenvalue weighted by Crippen LogP contribution is -2.47. The van der Waals surface area contributed by atoms with Crippen molar-refractivity contribution in [1.82, 2.24) is 25.5 Å². The van der Waals surface area contributed by atoms with Crippen LogP contribution in [0.25, 0.3) is 11.0 Å². The molecule has 4 rings (SSSR count). The first-order valence-electron chi connectivity index (χ1n) is 9.19. The van der Waals surface area contributed by atoms with E-state index in [9.17, 15) is 9.59 Å². The Morgan fingerprint density at radius 2 is 1.92 bits per heavy atom. The molecule has 1 saturated heterocycles. The van der Waals surface area contributed by atoms with Crippen molar-refractivity contribution in [2.24, 2.45) is 5.92 Å². The lowest BCUT2D eigenvalue weighted by Gasteiger charge is -2.33. The third kappa shape index (κ3) is 3.38. The van der Waals surface area contributed by atoms with Crippen LogP contribution in [-0.4, -0.2) is 45.2 Å². The molecule has 3 heterocycles. The van der Waals surface area contributed by atoms with Gasteiger partial charge in [0.25, 0.3) is 5.56 Å². The summed E-state index contributed by atoms with van der Waals surface area (Å²) in [4.78, 5) is 33.8. The molecular weight excluding hydrogens is 320 g/mol. The van der Waals surface area contributed by atoms with Gasteiger partial charge < -0.3 is 10.2 Å². The number of carbonyl (C=O) groups excluding carboxylic acids is 1. The Labute approximate surface area is 145 Å². The molecule has 2 fully saturated rings. The number of aromatic amines is 2. The summed E-state index contributed by atoms with van der Waals surface area (Å²) in [5, 5.41) is 10.3. The van der Waals surface area contributed by atoms with Crippen LogP contribution in [0, 0.1) is 5.92 Å². The quantitative estimate of drug-likeness (QED) is 0.778. The van der Waals surface area contributed by atoms with Gasteiger partial charge in [0, 0.05) is 25.0 Å². The van der Waals surface area contributed by atoms with Gasteiger partial charge in [-0.2, -0.15) is 10.1 Å². The van der Waals surface area contributed by atoms with Gasteiger partial charge in [-0.25, -0.2) is 0 Å². The van der Waals surface area contributed by atoms with Crippen molar-refractivity contribution >= 4 is 22.9 Å². The number of nitrogens with zero attached hydrogens (tertiary/aromatic N) is 3. The normalized spacial score (nSPS) is 20.1. The van der Waals surface area contributed by atoms with Gasteiger partial charge in [-0.3, -0.25) is 19.7 Å². The molecule has 25 heavy (non-hydrogen) atoms. The van der Waals surface area contributed by atoms with Crippen LogP contribution in [0.1, 0.15) is 44.9 Å². The van der Waals surface area contributed by atoms with E-state index >= 15 is 0 Å². The molecule has 2 aliphatic rings. The van der Waals surface area contributed by atoms with Crippen LogP contribution in [-0.2, 0) is 4.79 Å². The zero-order valence-electron chi connectivity index (χ0n) is 14.3. The van der Waals surface area contributed by atoms with E-state index < -0.39 is 0 Å². The molecule has 8 heteroatoms. The van der Waals surface area contributed by atoms with E-state index in [2.05, 4.69) is 30.4 Å². The van der Waals surface area contributed by atoms with E-state index in [4.69, 9.17) is 0 Å². The van der Waals surface area contributed by atoms with Gasteiger partial charge in [-0.05, 0) is 25.7 Å². The number of rotatable bonds is 3. The summed E-state index contributed by atoms with van der Waals surface area (Å²) in [6.45, 7) is 1.52. The van der Waals surface area contributed by atoms with E-state index in [0.717, 1.165) is 38.8 Å². The predicted molar refractivity (Wildman–Crippen MR) is 94.5 cm³/mol. The van der Waals surface area contributed by atoms with Crippen LogP contribution in [0.3, 0.4) is 0 Å². The highest BCUT2D eigenvalue weighted by atomic mass is 16.2. The highest BCUT2D eigenvalue weighted by molar-refractivity contribution is 5.79. The molecule has 8 nitrogen and oxygen atoms in total. The molecular formula is C17H24N6O2. The fraction of sp³-hybridized carbons (Fsp3) is 0.647. The van der Waals surface area contributed by atoms with Crippen molar-refractivity contribution < 1.29 is 4.79 Å². The minimum atomic E-state index is -0.179. The molecule has 1 aliphatic carbocycles.